The van der Waals surface area contributed by atoms with Gasteiger partial charge in [0, 0.05) is 17.4 Å². The standard InChI is InChI=1S/C13H16BrNO3/c14-6-5-13(3-4-13)8-15-12(18)9-1-2-10(16)11(17)7-9/h1-2,7,16-17H,3-6,8H2,(H,15,18). The molecule has 1 aromatic carbocycles. The lowest BCUT2D eigenvalue weighted by molar-refractivity contribution is 0.0944. The summed E-state index contributed by atoms with van der Waals surface area (Å²) in [6, 6.07) is 4.08. The molecule has 1 fully saturated rings. The fourth-order valence-electron chi connectivity index (χ4n) is 1.93. The van der Waals surface area contributed by atoms with Crippen LogP contribution in [0, 0.1) is 5.41 Å². The van der Waals surface area contributed by atoms with Gasteiger partial charge in [0.25, 0.3) is 5.91 Å². The van der Waals surface area contributed by atoms with Crippen LogP contribution in [0.2, 0.25) is 0 Å². The third-order valence-electron chi connectivity index (χ3n) is 3.44. The van der Waals surface area contributed by atoms with Crippen molar-refractivity contribution in [2.24, 2.45) is 5.41 Å². The summed E-state index contributed by atoms with van der Waals surface area (Å²) in [5.74, 6) is -0.708. The van der Waals surface area contributed by atoms with Gasteiger partial charge in [-0.15, -0.1) is 0 Å². The van der Waals surface area contributed by atoms with E-state index in [0.717, 1.165) is 24.6 Å². The van der Waals surface area contributed by atoms with Crippen LogP contribution in [0.1, 0.15) is 29.6 Å². The zero-order valence-electron chi connectivity index (χ0n) is 9.95. The van der Waals surface area contributed by atoms with Gasteiger partial charge < -0.3 is 15.5 Å². The van der Waals surface area contributed by atoms with Gasteiger partial charge in [0.1, 0.15) is 0 Å². The lowest BCUT2D eigenvalue weighted by atomic mass is 10.0. The van der Waals surface area contributed by atoms with Crippen molar-refractivity contribution in [3.05, 3.63) is 23.8 Å². The number of carbonyl (C=O) groups is 1. The van der Waals surface area contributed by atoms with Gasteiger partial charge >= 0.3 is 0 Å². The summed E-state index contributed by atoms with van der Waals surface area (Å²) in [7, 11) is 0. The van der Waals surface area contributed by atoms with Gasteiger partial charge in [-0.3, -0.25) is 4.79 Å². The number of hydrogen-bond acceptors (Lipinski definition) is 3. The summed E-state index contributed by atoms with van der Waals surface area (Å²) in [5, 5.41) is 22.3. The molecule has 1 amide bonds. The Morgan fingerprint density at radius 1 is 1.33 bits per heavy atom. The first-order valence-electron chi connectivity index (χ1n) is 5.92. The van der Waals surface area contributed by atoms with Crippen LogP contribution >= 0.6 is 15.9 Å². The summed E-state index contributed by atoms with van der Waals surface area (Å²) < 4.78 is 0. The molecule has 1 aliphatic carbocycles. The number of alkyl halides is 1. The highest BCUT2D eigenvalue weighted by Gasteiger charge is 2.41. The summed E-state index contributed by atoms with van der Waals surface area (Å²) in [6.45, 7) is 0.666. The second-order valence-electron chi connectivity index (χ2n) is 4.83. The molecule has 1 aliphatic rings. The van der Waals surface area contributed by atoms with Crippen molar-refractivity contribution in [3.63, 3.8) is 0 Å². The molecule has 98 valence electrons. The lowest BCUT2D eigenvalue weighted by Gasteiger charge is -2.14. The maximum atomic E-state index is 11.9. The van der Waals surface area contributed by atoms with Crippen molar-refractivity contribution >= 4 is 21.8 Å². The summed E-state index contributed by atoms with van der Waals surface area (Å²) in [6.07, 6.45) is 3.37. The van der Waals surface area contributed by atoms with Crippen molar-refractivity contribution in [1.82, 2.24) is 5.32 Å². The van der Waals surface area contributed by atoms with Crippen LogP contribution in [0.25, 0.3) is 0 Å². The summed E-state index contributed by atoms with van der Waals surface area (Å²) >= 11 is 3.42. The van der Waals surface area contributed by atoms with Crippen LogP contribution in [0.5, 0.6) is 11.5 Å². The van der Waals surface area contributed by atoms with E-state index in [0.29, 0.717) is 12.1 Å². The van der Waals surface area contributed by atoms with Crippen molar-refractivity contribution in [2.45, 2.75) is 19.3 Å². The first-order chi connectivity index (χ1) is 8.56. The lowest BCUT2D eigenvalue weighted by Crippen LogP contribution is -2.30. The van der Waals surface area contributed by atoms with Crippen molar-refractivity contribution in [3.8, 4) is 11.5 Å². The normalized spacial score (nSPS) is 16.3. The zero-order valence-corrected chi connectivity index (χ0v) is 11.5. The highest BCUT2D eigenvalue weighted by atomic mass is 79.9. The predicted molar refractivity (Wildman–Crippen MR) is 72.2 cm³/mol. The van der Waals surface area contributed by atoms with Crippen LogP contribution in [-0.2, 0) is 0 Å². The number of phenolic OH excluding ortho intramolecular Hbond substituents is 2. The highest BCUT2D eigenvalue weighted by Crippen LogP contribution is 2.48. The van der Waals surface area contributed by atoms with E-state index in [1.165, 1.54) is 18.2 Å². The number of benzene rings is 1. The molecule has 0 aliphatic heterocycles. The van der Waals surface area contributed by atoms with Crippen molar-refractivity contribution in [2.75, 3.05) is 11.9 Å². The Hall–Kier alpha value is -1.23. The first-order valence-corrected chi connectivity index (χ1v) is 7.05. The first kappa shape index (κ1) is 13.2. The number of hydrogen-bond donors (Lipinski definition) is 3. The van der Waals surface area contributed by atoms with E-state index in [2.05, 4.69) is 21.2 Å². The van der Waals surface area contributed by atoms with Gasteiger partial charge in [-0.1, -0.05) is 15.9 Å². The second kappa shape index (κ2) is 5.18. The van der Waals surface area contributed by atoms with E-state index < -0.39 is 0 Å². The monoisotopic (exact) mass is 313 g/mol. The molecule has 0 saturated heterocycles. The molecular formula is C13H16BrNO3. The largest absolute Gasteiger partial charge is 0.504 e. The number of rotatable bonds is 5. The Balaban J connectivity index is 1.93. The molecule has 3 N–H and O–H groups in total. The summed E-state index contributed by atoms with van der Waals surface area (Å²) in [5.41, 5.74) is 0.623. The van der Waals surface area contributed by atoms with E-state index in [1.807, 2.05) is 0 Å². The minimum absolute atomic E-state index is 0.217. The molecule has 0 bridgehead atoms. The van der Waals surface area contributed by atoms with Gasteiger partial charge in [-0.2, -0.15) is 0 Å². The Labute approximate surface area is 114 Å². The molecule has 0 aromatic heterocycles. The van der Waals surface area contributed by atoms with Crippen molar-refractivity contribution < 1.29 is 15.0 Å². The van der Waals surface area contributed by atoms with Crippen LogP contribution in [0.4, 0.5) is 0 Å². The Bertz CT molecular complexity index is 458. The van der Waals surface area contributed by atoms with E-state index in [-0.39, 0.29) is 22.8 Å². The molecular weight excluding hydrogens is 298 g/mol. The molecule has 1 aromatic rings. The topological polar surface area (TPSA) is 69.6 Å². The van der Waals surface area contributed by atoms with Crippen LogP contribution < -0.4 is 5.32 Å². The fourth-order valence-corrected chi connectivity index (χ4v) is 2.77. The van der Waals surface area contributed by atoms with Crippen LogP contribution in [0.3, 0.4) is 0 Å². The average molecular weight is 314 g/mol. The Morgan fingerprint density at radius 3 is 2.61 bits per heavy atom. The Kier molecular flexibility index (Phi) is 3.80. The smallest absolute Gasteiger partial charge is 0.251 e. The highest BCUT2D eigenvalue weighted by molar-refractivity contribution is 9.09. The maximum absolute atomic E-state index is 11.9. The van der Waals surface area contributed by atoms with Crippen molar-refractivity contribution in [1.29, 1.82) is 0 Å². The van der Waals surface area contributed by atoms with Gasteiger partial charge in [0.05, 0.1) is 0 Å². The van der Waals surface area contributed by atoms with E-state index >= 15 is 0 Å². The predicted octanol–water partition coefficient (Wildman–Crippen LogP) is 2.39. The minimum atomic E-state index is -0.274. The van der Waals surface area contributed by atoms with Gasteiger partial charge in [-0.05, 0) is 42.9 Å². The third kappa shape index (κ3) is 2.96. The number of amides is 1. The SMILES string of the molecule is O=C(NCC1(CCBr)CC1)c1ccc(O)c(O)c1. The number of nitrogens with one attached hydrogen (secondary N) is 1. The second-order valence-corrected chi connectivity index (χ2v) is 5.62. The molecule has 0 atom stereocenters. The minimum Gasteiger partial charge on any atom is -0.504 e. The molecule has 5 heteroatoms. The fraction of sp³-hybridized carbons (Fsp3) is 0.462. The molecule has 0 radical (unpaired) electrons. The number of aromatic hydroxyl groups is 2. The number of phenols is 2. The molecule has 18 heavy (non-hydrogen) atoms. The Morgan fingerprint density at radius 2 is 2.06 bits per heavy atom. The molecule has 0 unspecified atom stereocenters. The molecule has 0 heterocycles. The molecule has 1 saturated carbocycles. The molecule has 0 spiro atoms. The third-order valence-corrected chi connectivity index (χ3v) is 3.84. The van der Waals surface area contributed by atoms with Gasteiger partial charge in [0.2, 0.25) is 0 Å². The van der Waals surface area contributed by atoms with E-state index in [9.17, 15) is 15.0 Å². The van der Waals surface area contributed by atoms with Crippen LogP contribution in [-0.4, -0.2) is 28.0 Å². The van der Waals surface area contributed by atoms with Gasteiger partial charge in [-0.25, -0.2) is 0 Å². The number of carbonyl (C=O) groups excluding carboxylic acids is 1. The number of halogens is 1. The average Bonchev–Trinajstić information content (AvgIpc) is 3.11. The maximum Gasteiger partial charge on any atom is 0.251 e. The molecule has 4 nitrogen and oxygen atoms in total. The summed E-state index contributed by atoms with van der Waals surface area (Å²) in [4.78, 5) is 11.9. The quantitative estimate of drug-likeness (QED) is 0.577. The zero-order chi connectivity index (χ0) is 13.2. The molecule has 2 rings (SSSR count). The van der Waals surface area contributed by atoms with Gasteiger partial charge in [0.15, 0.2) is 11.5 Å². The van der Waals surface area contributed by atoms with Crippen LogP contribution in [0.15, 0.2) is 18.2 Å². The van der Waals surface area contributed by atoms with E-state index in [4.69, 9.17) is 0 Å². The van der Waals surface area contributed by atoms with E-state index in [1.54, 1.807) is 0 Å².